The number of hydrogen-bond acceptors (Lipinski definition) is 3. The maximum absolute atomic E-state index is 11.0. The number of carbonyl (C=O) groups excluding carboxylic acids is 1. The lowest BCUT2D eigenvalue weighted by Gasteiger charge is -2.01. The van der Waals surface area contributed by atoms with Crippen LogP contribution in [0.5, 0.6) is 0 Å². The first-order valence-corrected chi connectivity index (χ1v) is 3.39. The molecule has 1 heterocycles. The highest BCUT2D eigenvalue weighted by atomic mass is 16.2. The summed E-state index contributed by atoms with van der Waals surface area (Å²) < 4.78 is 0.560. The zero-order valence-corrected chi connectivity index (χ0v) is 6.61. The second kappa shape index (κ2) is 3.53. The lowest BCUT2D eigenvalue weighted by molar-refractivity contribution is -0.112. The summed E-state index contributed by atoms with van der Waals surface area (Å²) in [7, 11) is 0. The number of nitrogens with zero attached hydrogens (tertiary/aromatic N) is 1. The summed E-state index contributed by atoms with van der Waals surface area (Å²) in [5, 5.41) is 0. The highest BCUT2D eigenvalue weighted by molar-refractivity contribution is 5.93. The first-order valence-electron chi connectivity index (χ1n) is 3.39. The molecule has 0 unspecified atom stereocenters. The molecule has 0 aliphatic carbocycles. The van der Waals surface area contributed by atoms with Crippen LogP contribution in [0.25, 0.3) is 0 Å². The third-order valence-corrected chi connectivity index (χ3v) is 1.26. The van der Waals surface area contributed by atoms with Gasteiger partial charge in [0, 0.05) is 12.3 Å². The van der Waals surface area contributed by atoms with Crippen LogP contribution in [0, 0.1) is 0 Å². The molecule has 1 rings (SSSR count). The lowest BCUT2D eigenvalue weighted by Crippen LogP contribution is -2.42. The molecule has 6 heteroatoms. The molecule has 1 aromatic heterocycles. The van der Waals surface area contributed by atoms with Gasteiger partial charge >= 0.3 is 5.69 Å². The van der Waals surface area contributed by atoms with E-state index in [-0.39, 0.29) is 0 Å². The van der Waals surface area contributed by atoms with E-state index in [1.807, 2.05) is 5.43 Å². The van der Waals surface area contributed by atoms with E-state index in [0.29, 0.717) is 4.68 Å². The predicted molar refractivity (Wildman–Crippen MR) is 45.9 cm³/mol. The Morgan fingerprint density at radius 2 is 2.31 bits per heavy atom. The predicted octanol–water partition coefficient (Wildman–Crippen LogP) is -1.21. The van der Waals surface area contributed by atoms with Crippen molar-refractivity contribution >= 4 is 5.91 Å². The maximum Gasteiger partial charge on any atom is 0.347 e. The van der Waals surface area contributed by atoms with Gasteiger partial charge in [-0.25, -0.2) is 4.79 Å². The molecule has 68 valence electrons. The fraction of sp³-hybridized carbons (Fsp3) is 0. The van der Waals surface area contributed by atoms with Gasteiger partial charge in [0.05, 0.1) is 0 Å². The third kappa shape index (κ3) is 1.92. The Morgan fingerprint density at radius 3 is 2.85 bits per heavy atom. The molecule has 0 saturated heterocycles. The third-order valence-electron chi connectivity index (χ3n) is 1.26. The van der Waals surface area contributed by atoms with E-state index < -0.39 is 17.2 Å². The van der Waals surface area contributed by atoms with E-state index in [1.54, 1.807) is 0 Å². The zero-order chi connectivity index (χ0) is 9.84. The molecule has 0 spiro atoms. The van der Waals surface area contributed by atoms with E-state index >= 15 is 0 Å². The van der Waals surface area contributed by atoms with Gasteiger partial charge in [-0.2, -0.15) is 4.68 Å². The van der Waals surface area contributed by atoms with E-state index in [0.717, 1.165) is 12.1 Å². The number of hydrogen-bond donors (Lipinski definition) is 2. The van der Waals surface area contributed by atoms with Crippen LogP contribution in [0.4, 0.5) is 0 Å². The number of nitrogens with one attached hydrogen (secondary N) is 2. The Hall–Kier alpha value is -2.11. The van der Waals surface area contributed by atoms with Gasteiger partial charge < -0.3 is 4.98 Å². The van der Waals surface area contributed by atoms with Crippen molar-refractivity contribution in [3.63, 3.8) is 0 Å². The molecule has 13 heavy (non-hydrogen) atoms. The monoisotopic (exact) mass is 181 g/mol. The van der Waals surface area contributed by atoms with Gasteiger partial charge in [0.25, 0.3) is 11.5 Å². The average molecular weight is 181 g/mol. The van der Waals surface area contributed by atoms with Crippen molar-refractivity contribution in [2.75, 3.05) is 5.43 Å². The van der Waals surface area contributed by atoms with Crippen molar-refractivity contribution in [3.05, 3.63) is 45.8 Å². The Morgan fingerprint density at radius 1 is 1.62 bits per heavy atom. The number of H-pyrrole nitrogens is 1. The quantitative estimate of drug-likeness (QED) is 0.561. The highest BCUT2D eigenvalue weighted by Crippen LogP contribution is 1.68. The molecule has 0 bridgehead atoms. The Bertz CT molecular complexity index is 415. The summed E-state index contributed by atoms with van der Waals surface area (Å²) >= 11 is 0. The molecule has 0 atom stereocenters. The first-order chi connectivity index (χ1) is 6.15. The summed E-state index contributed by atoms with van der Waals surface area (Å²) in [6, 6.07) is 1.12. The van der Waals surface area contributed by atoms with Crippen molar-refractivity contribution < 1.29 is 4.79 Å². The minimum absolute atomic E-state index is 0.560. The molecular weight excluding hydrogens is 174 g/mol. The SMILES string of the molecule is C=CC(=O)Nn1c(=O)cc[nH]c1=O. The molecule has 0 aromatic carbocycles. The summed E-state index contributed by atoms with van der Waals surface area (Å²) in [4.78, 5) is 34.9. The minimum atomic E-state index is -0.706. The van der Waals surface area contributed by atoms with E-state index in [9.17, 15) is 14.4 Å². The summed E-state index contributed by atoms with van der Waals surface area (Å²) in [5.41, 5.74) is 0.714. The molecular formula is C7H7N3O3. The van der Waals surface area contributed by atoms with Gasteiger partial charge in [0.1, 0.15) is 0 Å². The van der Waals surface area contributed by atoms with Crippen molar-refractivity contribution in [2.45, 2.75) is 0 Å². The fourth-order valence-electron chi connectivity index (χ4n) is 0.685. The minimum Gasteiger partial charge on any atom is -0.312 e. The van der Waals surface area contributed by atoms with Crippen molar-refractivity contribution in [1.82, 2.24) is 9.66 Å². The Balaban J connectivity index is 3.15. The summed E-state index contributed by atoms with van der Waals surface area (Å²) in [6.07, 6.45) is 2.15. The van der Waals surface area contributed by atoms with Crippen molar-refractivity contribution in [2.24, 2.45) is 0 Å². The zero-order valence-electron chi connectivity index (χ0n) is 6.61. The van der Waals surface area contributed by atoms with Crippen LogP contribution in [-0.2, 0) is 4.79 Å². The summed E-state index contributed by atoms with van der Waals surface area (Å²) in [5.74, 6) is -0.626. The first kappa shape index (κ1) is 8.98. The number of carbonyl (C=O) groups is 1. The molecule has 1 aromatic rings. The van der Waals surface area contributed by atoms with Crippen LogP contribution in [0.3, 0.4) is 0 Å². The molecule has 1 amide bonds. The number of rotatable bonds is 2. The van der Waals surface area contributed by atoms with Crippen LogP contribution in [0.2, 0.25) is 0 Å². The van der Waals surface area contributed by atoms with E-state index in [1.165, 1.54) is 6.20 Å². The number of aromatic nitrogens is 2. The van der Waals surface area contributed by atoms with Gasteiger partial charge in [-0.1, -0.05) is 6.58 Å². The Kier molecular flexibility index (Phi) is 2.44. The maximum atomic E-state index is 11.0. The lowest BCUT2D eigenvalue weighted by atomic mass is 10.6. The van der Waals surface area contributed by atoms with Gasteiger partial charge in [0.15, 0.2) is 0 Å². The smallest absolute Gasteiger partial charge is 0.312 e. The average Bonchev–Trinajstić information content (AvgIpc) is 2.11. The topological polar surface area (TPSA) is 84.0 Å². The second-order valence-corrected chi connectivity index (χ2v) is 2.14. The van der Waals surface area contributed by atoms with Crippen LogP contribution < -0.4 is 16.7 Å². The molecule has 2 N–H and O–H groups in total. The van der Waals surface area contributed by atoms with Crippen LogP contribution in [0.15, 0.2) is 34.5 Å². The van der Waals surface area contributed by atoms with Crippen molar-refractivity contribution in [1.29, 1.82) is 0 Å². The number of amides is 1. The van der Waals surface area contributed by atoms with Gasteiger partial charge in [-0.05, 0) is 6.08 Å². The second-order valence-electron chi connectivity index (χ2n) is 2.14. The molecule has 0 radical (unpaired) electrons. The Labute approximate surface area is 72.5 Å². The van der Waals surface area contributed by atoms with E-state index in [4.69, 9.17) is 0 Å². The molecule has 0 aliphatic heterocycles. The molecule has 6 nitrogen and oxygen atoms in total. The largest absolute Gasteiger partial charge is 0.347 e. The van der Waals surface area contributed by atoms with Gasteiger partial charge in [-0.15, -0.1) is 0 Å². The standard InChI is InChI=1S/C7H7N3O3/c1-2-5(11)9-10-6(12)3-4-8-7(10)13/h2-4H,1H2,(H,8,13)(H,9,11). The normalized spacial score (nSPS) is 9.23. The number of aromatic amines is 1. The fourth-order valence-corrected chi connectivity index (χ4v) is 0.685. The van der Waals surface area contributed by atoms with Crippen LogP contribution in [0.1, 0.15) is 0 Å². The molecule has 0 aliphatic rings. The molecule has 0 fully saturated rings. The van der Waals surface area contributed by atoms with Gasteiger partial charge in [0.2, 0.25) is 0 Å². The van der Waals surface area contributed by atoms with Crippen molar-refractivity contribution in [3.8, 4) is 0 Å². The van der Waals surface area contributed by atoms with E-state index in [2.05, 4.69) is 11.6 Å². The highest BCUT2D eigenvalue weighted by Gasteiger charge is 2.00. The van der Waals surface area contributed by atoms with Crippen LogP contribution in [-0.4, -0.2) is 15.6 Å². The van der Waals surface area contributed by atoms with Gasteiger partial charge in [-0.3, -0.25) is 15.0 Å². The molecule has 0 saturated carbocycles. The van der Waals surface area contributed by atoms with Crippen LogP contribution >= 0.6 is 0 Å². The summed E-state index contributed by atoms with van der Waals surface area (Å²) in [6.45, 7) is 3.18.